The average Bonchev–Trinajstić information content (AvgIpc) is 2.36. The van der Waals surface area contributed by atoms with Crippen LogP contribution >= 0.6 is 0 Å². The molecule has 0 unspecified atom stereocenters. The van der Waals surface area contributed by atoms with Crippen LogP contribution in [-0.4, -0.2) is 22.8 Å². The van der Waals surface area contributed by atoms with Crippen LogP contribution in [0.4, 0.5) is 0 Å². The largest absolute Gasteiger partial charge is 0.481 e. The van der Waals surface area contributed by atoms with Gasteiger partial charge in [-0.25, -0.2) is 0 Å². The minimum Gasteiger partial charge on any atom is -0.481 e. The van der Waals surface area contributed by atoms with Crippen molar-refractivity contribution < 1.29 is 15.0 Å². The van der Waals surface area contributed by atoms with E-state index in [1.807, 2.05) is 0 Å². The van der Waals surface area contributed by atoms with E-state index in [4.69, 9.17) is 10.2 Å². The molecular formula is C8H14O3. The molecule has 1 rings (SSSR count). The van der Waals surface area contributed by atoms with Crippen LogP contribution < -0.4 is 0 Å². The second kappa shape index (κ2) is 3.22. The van der Waals surface area contributed by atoms with Gasteiger partial charge in [0, 0.05) is 12.0 Å². The summed E-state index contributed by atoms with van der Waals surface area (Å²) in [5, 5.41) is 17.6. The third kappa shape index (κ3) is 1.93. The van der Waals surface area contributed by atoms with Crippen LogP contribution in [0.1, 0.15) is 32.1 Å². The molecule has 0 atom stereocenters. The average molecular weight is 158 g/mol. The molecule has 11 heavy (non-hydrogen) atoms. The minimum atomic E-state index is -0.791. The molecule has 1 fully saturated rings. The molecule has 1 saturated carbocycles. The third-order valence-corrected chi connectivity index (χ3v) is 2.53. The molecule has 0 bridgehead atoms. The SMILES string of the molecule is O=C(O)CC1(CO)CCCC1. The number of rotatable bonds is 3. The maximum atomic E-state index is 10.4. The summed E-state index contributed by atoms with van der Waals surface area (Å²) in [6, 6.07) is 0. The Morgan fingerprint density at radius 3 is 2.27 bits per heavy atom. The van der Waals surface area contributed by atoms with Crippen LogP contribution in [0.5, 0.6) is 0 Å². The Labute approximate surface area is 66.0 Å². The zero-order chi connectivity index (χ0) is 8.32. The zero-order valence-corrected chi connectivity index (χ0v) is 6.55. The van der Waals surface area contributed by atoms with Crippen LogP contribution in [0.15, 0.2) is 0 Å². The molecule has 2 N–H and O–H groups in total. The summed E-state index contributed by atoms with van der Waals surface area (Å²) in [6.45, 7) is 0.0271. The maximum absolute atomic E-state index is 10.4. The van der Waals surface area contributed by atoms with E-state index in [1.165, 1.54) is 0 Å². The Morgan fingerprint density at radius 2 is 1.91 bits per heavy atom. The molecule has 3 heteroatoms. The summed E-state index contributed by atoms with van der Waals surface area (Å²) in [5.74, 6) is -0.791. The summed E-state index contributed by atoms with van der Waals surface area (Å²) in [4.78, 5) is 10.4. The Hall–Kier alpha value is -0.570. The number of hydrogen-bond acceptors (Lipinski definition) is 2. The van der Waals surface area contributed by atoms with E-state index < -0.39 is 5.97 Å². The van der Waals surface area contributed by atoms with E-state index in [-0.39, 0.29) is 18.4 Å². The molecule has 0 spiro atoms. The molecular weight excluding hydrogens is 144 g/mol. The number of carboxylic acid groups (broad SMARTS) is 1. The number of hydrogen-bond donors (Lipinski definition) is 2. The van der Waals surface area contributed by atoms with Gasteiger partial charge in [-0.15, -0.1) is 0 Å². The molecule has 1 aliphatic rings. The molecule has 0 aromatic heterocycles. The number of carbonyl (C=O) groups is 1. The highest BCUT2D eigenvalue weighted by atomic mass is 16.4. The highest BCUT2D eigenvalue weighted by Crippen LogP contribution is 2.40. The fourth-order valence-electron chi connectivity index (χ4n) is 1.84. The van der Waals surface area contributed by atoms with Gasteiger partial charge in [0.05, 0.1) is 6.42 Å². The summed E-state index contributed by atoms with van der Waals surface area (Å²) in [5.41, 5.74) is -0.286. The van der Waals surface area contributed by atoms with Crippen molar-refractivity contribution in [1.29, 1.82) is 0 Å². The molecule has 1 aliphatic carbocycles. The molecule has 0 saturated heterocycles. The van der Waals surface area contributed by atoms with Gasteiger partial charge < -0.3 is 10.2 Å². The lowest BCUT2D eigenvalue weighted by atomic mass is 9.84. The summed E-state index contributed by atoms with van der Waals surface area (Å²) in [7, 11) is 0. The van der Waals surface area contributed by atoms with E-state index in [1.54, 1.807) is 0 Å². The second-order valence-corrected chi connectivity index (χ2v) is 3.44. The summed E-state index contributed by atoms with van der Waals surface area (Å²) < 4.78 is 0. The van der Waals surface area contributed by atoms with Crippen LogP contribution in [-0.2, 0) is 4.79 Å². The van der Waals surface area contributed by atoms with E-state index >= 15 is 0 Å². The number of carboxylic acids is 1. The van der Waals surface area contributed by atoms with Crippen LogP contribution in [0.2, 0.25) is 0 Å². The first kappa shape index (κ1) is 8.53. The van der Waals surface area contributed by atoms with E-state index in [0.717, 1.165) is 25.7 Å². The van der Waals surface area contributed by atoms with Gasteiger partial charge in [-0.2, -0.15) is 0 Å². The Bertz CT molecular complexity index is 147. The van der Waals surface area contributed by atoms with Gasteiger partial charge in [0.2, 0.25) is 0 Å². The number of aliphatic hydroxyl groups excluding tert-OH is 1. The van der Waals surface area contributed by atoms with Gasteiger partial charge in [-0.1, -0.05) is 12.8 Å². The molecule has 0 aliphatic heterocycles. The smallest absolute Gasteiger partial charge is 0.303 e. The lowest BCUT2D eigenvalue weighted by molar-refractivity contribution is -0.140. The normalized spacial score (nSPS) is 21.9. The standard InChI is InChI=1S/C8H14O3/c9-6-8(5-7(10)11)3-1-2-4-8/h9H,1-6H2,(H,10,11). The topological polar surface area (TPSA) is 57.5 Å². The lowest BCUT2D eigenvalue weighted by Gasteiger charge is -2.23. The molecule has 0 aromatic rings. The monoisotopic (exact) mass is 158 g/mol. The van der Waals surface area contributed by atoms with E-state index in [9.17, 15) is 4.79 Å². The molecule has 3 nitrogen and oxygen atoms in total. The molecule has 64 valence electrons. The van der Waals surface area contributed by atoms with Gasteiger partial charge in [-0.3, -0.25) is 4.79 Å². The summed E-state index contributed by atoms with van der Waals surface area (Å²) >= 11 is 0. The predicted octanol–water partition coefficient (Wildman–Crippen LogP) is 1.01. The van der Waals surface area contributed by atoms with Crippen LogP contribution in [0.25, 0.3) is 0 Å². The molecule has 0 radical (unpaired) electrons. The van der Waals surface area contributed by atoms with E-state index in [0.29, 0.717) is 0 Å². The Balaban J connectivity index is 2.52. The fourth-order valence-corrected chi connectivity index (χ4v) is 1.84. The summed E-state index contributed by atoms with van der Waals surface area (Å²) in [6.07, 6.45) is 4.00. The van der Waals surface area contributed by atoms with Crippen molar-refractivity contribution in [3.8, 4) is 0 Å². The van der Waals surface area contributed by atoms with Gasteiger partial charge in [0.25, 0.3) is 0 Å². The molecule has 0 aromatic carbocycles. The first-order valence-electron chi connectivity index (χ1n) is 4.01. The van der Waals surface area contributed by atoms with Crippen molar-refractivity contribution in [2.24, 2.45) is 5.41 Å². The first-order chi connectivity index (χ1) is 5.18. The van der Waals surface area contributed by atoms with Crippen molar-refractivity contribution in [3.63, 3.8) is 0 Å². The van der Waals surface area contributed by atoms with Gasteiger partial charge >= 0.3 is 5.97 Å². The fraction of sp³-hybridized carbons (Fsp3) is 0.875. The second-order valence-electron chi connectivity index (χ2n) is 3.44. The zero-order valence-electron chi connectivity index (χ0n) is 6.55. The van der Waals surface area contributed by atoms with Gasteiger partial charge in [0.1, 0.15) is 0 Å². The van der Waals surface area contributed by atoms with Crippen LogP contribution in [0.3, 0.4) is 0 Å². The molecule has 0 amide bonds. The van der Waals surface area contributed by atoms with Crippen molar-refractivity contribution in [1.82, 2.24) is 0 Å². The Kier molecular flexibility index (Phi) is 2.49. The predicted molar refractivity (Wildman–Crippen MR) is 40.2 cm³/mol. The van der Waals surface area contributed by atoms with Crippen LogP contribution in [0, 0.1) is 5.41 Å². The van der Waals surface area contributed by atoms with Gasteiger partial charge in [0.15, 0.2) is 0 Å². The molecule has 0 heterocycles. The number of aliphatic hydroxyl groups is 1. The third-order valence-electron chi connectivity index (χ3n) is 2.53. The van der Waals surface area contributed by atoms with Crippen molar-refractivity contribution >= 4 is 5.97 Å². The quantitative estimate of drug-likeness (QED) is 0.644. The lowest BCUT2D eigenvalue weighted by Crippen LogP contribution is -2.24. The number of aliphatic carboxylic acids is 1. The van der Waals surface area contributed by atoms with Crippen molar-refractivity contribution in [2.75, 3.05) is 6.61 Å². The van der Waals surface area contributed by atoms with E-state index in [2.05, 4.69) is 0 Å². The highest BCUT2D eigenvalue weighted by Gasteiger charge is 2.35. The van der Waals surface area contributed by atoms with Gasteiger partial charge in [-0.05, 0) is 12.8 Å². The van der Waals surface area contributed by atoms with Crippen molar-refractivity contribution in [3.05, 3.63) is 0 Å². The highest BCUT2D eigenvalue weighted by molar-refractivity contribution is 5.67. The first-order valence-corrected chi connectivity index (χ1v) is 4.01. The minimum absolute atomic E-state index is 0.0271. The van der Waals surface area contributed by atoms with Crippen molar-refractivity contribution in [2.45, 2.75) is 32.1 Å². The Morgan fingerprint density at radius 1 is 1.36 bits per heavy atom. The maximum Gasteiger partial charge on any atom is 0.303 e.